The topological polar surface area (TPSA) is 82.8 Å². The second-order valence-corrected chi connectivity index (χ2v) is 6.01. The number of amides is 1. The number of ether oxygens (including phenoxy) is 3. The molecule has 6 heteroatoms. The second-order valence-electron chi connectivity index (χ2n) is 6.01. The fraction of sp³-hybridized carbons (Fsp3) is 0.611. The molecule has 0 radical (unpaired) electrons. The van der Waals surface area contributed by atoms with E-state index < -0.39 is 0 Å². The first-order chi connectivity index (χ1) is 11.6. The monoisotopic (exact) mass is 336 g/mol. The van der Waals surface area contributed by atoms with Crippen LogP contribution in [0.2, 0.25) is 0 Å². The highest BCUT2D eigenvalue weighted by atomic mass is 16.5. The maximum atomic E-state index is 12.4. The summed E-state index contributed by atoms with van der Waals surface area (Å²) in [6.07, 6.45) is 3.04. The average Bonchev–Trinajstić information content (AvgIpc) is 3.09. The molecule has 0 unspecified atom stereocenters. The second kappa shape index (κ2) is 8.78. The van der Waals surface area contributed by atoms with Crippen LogP contribution in [0, 0.1) is 11.8 Å². The van der Waals surface area contributed by atoms with Crippen LogP contribution >= 0.6 is 0 Å². The first kappa shape index (κ1) is 18.4. The smallest absolute Gasteiger partial charge is 0.223 e. The summed E-state index contributed by atoms with van der Waals surface area (Å²) in [5, 5.41) is 3.01. The number of hydrogen-bond acceptors (Lipinski definition) is 5. The molecule has 1 aromatic carbocycles. The lowest BCUT2D eigenvalue weighted by atomic mass is 9.95. The highest BCUT2D eigenvalue weighted by Crippen LogP contribution is 2.38. The molecule has 0 bridgehead atoms. The molecule has 1 aliphatic carbocycles. The first-order valence-corrected chi connectivity index (χ1v) is 8.50. The van der Waals surface area contributed by atoms with E-state index in [4.69, 9.17) is 19.9 Å². The molecule has 0 heterocycles. The number of hydrogen-bond donors (Lipinski definition) is 2. The van der Waals surface area contributed by atoms with E-state index in [1.165, 1.54) is 0 Å². The molecule has 1 aliphatic rings. The summed E-state index contributed by atoms with van der Waals surface area (Å²) in [6, 6.07) is 3.73. The van der Waals surface area contributed by atoms with Crippen molar-refractivity contribution in [1.29, 1.82) is 0 Å². The minimum atomic E-state index is 0.0292. The fourth-order valence-corrected chi connectivity index (χ4v) is 3.31. The van der Waals surface area contributed by atoms with Gasteiger partial charge in [0.2, 0.25) is 11.7 Å². The quantitative estimate of drug-likeness (QED) is 0.759. The zero-order valence-corrected chi connectivity index (χ0v) is 14.8. The van der Waals surface area contributed by atoms with Gasteiger partial charge in [0.15, 0.2) is 11.5 Å². The number of nitrogens with one attached hydrogen (secondary N) is 1. The lowest BCUT2D eigenvalue weighted by Gasteiger charge is -2.18. The Hall–Kier alpha value is -1.95. The number of carbonyl (C=O) groups excluding carboxylic acids is 1. The van der Waals surface area contributed by atoms with Crippen molar-refractivity contribution >= 4 is 5.91 Å². The first-order valence-electron chi connectivity index (χ1n) is 8.50. The van der Waals surface area contributed by atoms with Gasteiger partial charge in [-0.15, -0.1) is 0 Å². The van der Waals surface area contributed by atoms with Gasteiger partial charge in [0.1, 0.15) is 0 Å². The summed E-state index contributed by atoms with van der Waals surface area (Å²) in [7, 11) is 3.17. The lowest BCUT2D eigenvalue weighted by molar-refractivity contribution is -0.126. The van der Waals surface area contributed by atoms with Crippen molar-refractivity contribution in [2.75, 3.05) is 27.4 Å². The van der Waals surface area contributed by atoms with Gasteiger partial charge in [-0.25, -0.2) is 0 Å². The molecule has 134 valence electrons. The molecule has 1 amide bonds. The van der Waals surface area contributed by atoms with Gasteiger partial charge in [0.25, 0.3) is 0 Å². The summed E-state index contributed by atoms with van der Waals surface area (Å²) < 4.78 is 16.4. The van der Waals surface area contributed by atoms with Crippen LogP contribution in [0.15, 0.2) is 12.1 Å². The lowest BCUT2D eigenvalue weighted by Crippen LogP contribution is -2.34. The van der Waals surface area contributed by atoms with Gasteiger partial charge in [-0.05, 0) is 49.9 Å². The summed E-state index contributed by atoms with van der Waals surface area (Å²) >= 11 is 0. The molecular weight excluding hydrogens is 308 g/mol. The molecular formula is C18H28N2O4. The Morgan fingerprint density at radius 1 is 1.25 bits per heavy atom. The van der Waals surface area contributed by atoms with Gasteiger partial charge in [-0.3, -0.25) is 4.79 Å². The van der Waals surface area contributed by atoms with Crippen molar-refractivity contribution in [1.82, 2.24) is 5.32 Å². The number of nitrogens with two attached hydrogens (primary N) is 1. The highest BCUT2D eigenvalue weighted by molar-refractivity contribution is 5.79. The molecule has 1 fully saturated rings. The van der Waals surface area contributed by atoms with E-state index in [2.05, 4.69) is 5.32 Å². The molecule has 0 aromatic heterocycles. The van der Waals surface area contributed by atoms with Crippen molar-refractivity contribution in [3.05, 3.63) is 17.7 Å². The van der Waals surface area contributed by atoms with E-state index in [0.29, 0.717) is 42.9 Å². The summed E-state index contributed by atoms with van der Waals surface area (Å²) in [4.78, 5) is 12.4. The van der Waals surface area contributed by atoms with Gasteiger partial charge in [-0.2, -0.15) is 0 Å². The SMILES string of the molecule is CCOc1c(OC)cc(CNC(=O)[C@@H]2CCC[C@@H]2CN)cc1OC. The van der Waals surface area contributed by atoms with Gasteiger partial charge in [0, 0.05) is 12.5 Å². The summed E-state index contributed by atoms with van der Waals surface area (Å²) in [6.45, 7) is 3.42. The number of rotatable bonds is 8. The average molecular weight is 336 g/mol. The molecule has 2 atom stereocenters. The van der Waals surface area contributed by atoms with E-state index >= 15 is 0 Å². The zero-order valence-electron chi connectivity index (χ0n) is 14.8. The normalized spacial score (nSPS) is 19.8. The third-order valence-corrected chi connectivity index (χ3v) is 4.57. The van der Waals surface area contributed by atoms with Crippen LogP contribution in [0.3, 0.4) is 0 Å². The third kappa shape index (κ3) is 4.12. The van der Waals surface area contributed by atoms with Crippen LogP contribution in [0.25, 0.3) is 0 Å². The van der Waals surface area contributed by atoms with E-state index in [1.54, 1.807) is 14.2 Å². The Kier molecular flexibility index (Phi) is 6.73. The summed E-state index contributed by atoms with van der Waals surface area (Å²) in [5.74, 6) is 2.18. The zero-order chi connectivity index (χ0) is 17.5. The molecule has 0 aliphatic heterocycles. The van der Waals surface area contributed by atoms with E-state index in [1.807, 2.05) is 19.1 Å². The summed E-state index contributed by atoms with van der Waals surface area (Å²) in [5.41, 5.74) is 6.67. The van der Waals surface area contributed by atoms with Crippen molar-refractivity contribution in [3.8, 4) is 17.2 Å². The van der Waals surface area contributed by atoms with Crippen molar-refractivity contribution in [3.63, 3.8) is 0 Å². The standard InChI is InChI=1S/C18H28N2O4/c1-4-24-17-15(22-2)8-12(9-16(17)23-3)11-20-18(21)14-7-5-6-13(14)10-19/h8-9,13-14H,4-7,10-11,19H2,1-3H3,(H,20,21)/t13-,14-/m1/s1. The van der Waals surface area contributed by atoms with E-state index in [-0.39, 0.29) is 11.8 Å². The molecule has 3 N–H and O–H groups in total. The number of methoxy groups -OCH3 is 2. The van der Waals surface area contributed by atoms with Gasteiger partial charge in [-0.1, -0.05) is 6.42 Å². The van der Waals surface area contributed by atoms with Crippen LogP contribution in [-0.2, 0) is 11.3 Å². The predicted octanol–water partition coefficient (Wildman–Crippen LogP) is 2.09. The van der Waals surface area contributed by atoms with Gasteiger partial charge in [0.05, 0.1) is 20.8 Å². The molecule has 6 nitrogen and oxygen atoms in total. The van der Waals surface area contributed by atoms with Crippen LogP contribution < -0.4 is 25.3 Å². The minimum absolute atomic E-state index is 0.0292. The van der Waals surface area contributed by atoms with Crippen molar-refractivity contribution in [2.45, 2.75) is 32.7 Å². The van der Waals surface area contributed by atoms with Crippen LogP contribution in [0.1, 0.15) is 31.7 Å². The Bertz CT molecular complexity index is 537. The Morgan fingerprint density at radius 2 is 1.92 bits per heavy atom. The third-order valence-electron chi connectivity index (χ3n) is 4.57. The molecule has 1 aromatic rings. The van der Waals surface area contributed by atoms with Crippen molar-refractivity contribution < 1.29 is 19.0 Å². The Labute approximate surface area is 143 Å². The molecule has 24 heavy (non-hydrogen) atoms. The minimum Gasteiger partial charge on any atom is -0.493 e. The Morgan fingerprint density at radius 3 is 2.46 bits per heavy atom. The highest BCUT2D eigenvalue weighted by Gasteiger charge is 2.31. The molecule has 2 rings (SSSR count). The van der Waals surface area contributed by atoms with Crippen molar-refractivity contribution in [2.24, 2.45) is 17.6 Å². The van der Waals surface area contributed by atoms with E-state index in [0.717, 1.165) is 24.8 Å². The molecule has 1 saturated carbocycles. The van der Waals surface area contributed by atoms with Crippen LogP contribution in [-0.4, -0.2) is 33.3 Å². The molecule has 0 spiro atoms. The predicted molar refractivity (Wildman–Crippen MR) is 92.4 cm³/mol. The molecule has 0 saturated heterocycles. The largest absolute Gasteiger partial charge is 0.493 e. The number of carbonyl (C=O) groups is 1. The maximum absolute atomic E-state index is 12.4. The number of benzene rings is 1. The Balaban J connectivity index is 2.08. The van der Waals surface area contributed by atoms with Crippen LogP contribution in [0.5, 0.6) is 17.2 Å². The van der Waals surface area contributed by atoms with Gasteiger partial charge >= 0.3 is 0 Å². The van der Waals surface area contributed by atoms with Crippen LogP contribution in [0.4, 0.5) is 0 Å². The fourth-order valence-electron chi connectivity index (χ4n) is 3.31. The van der Waals surface area contributed by atoms with Gasteiger partial charge < -0.3 is 25.3 Å². The van der Waals surface area contributed by atoms with E-state index in [9.17, 15) is 4.79 Å². The maximum Gasteiger partial charge on any atom is 0.223 e.